The summed E-state index contributed by atoms with van der Waals surface area (Å²) in [7, 11) is 3.54. The summed E-state index contributed by atoms with van der Waals surface area (Å²) >= 11 is 0. The van der Waals surface area contributed by atoms with Crippen molar-refractivity contribution in [2.75, 3.05) is 33.7 Å². The van der Waals surface area contributed by atoms with Gasteiger partial charge in [0.25, 0.3) is 0 Å². The summed E-state index contributed by atoms with van der Waals surface area (Å²) in [4.78, 5) is 27.5. The molecule has 0 bridgehead atoms. The monoisotopic (exact) mass is 321 g/mol. The Labute approximate surface area is 136 Å². The minimum Gasteiger partial charge on any atom is -0.351 e. The van der Waals surface area contributed by atoms with Crippen LogP contribution < -0.4 is 5.32 Å². The fourth-order valence-electron chi connectivity index (χ4n) is 2.80. The predicted molar refractivity (Wildman–Crippen MR) is 86.1 cm³/mol. The van der Waals surface area contributed by atoms with Crippen molar-refractivity contribution in [2.45, 2.75) is 19.4 Å². The number of halogens is 1. The molecule has 2 amide bonds. The van der Waals surface area contributed by atoms with E-state index in [-0.39, 0.29) is 36.6 Å². The molecule has 1 aromatic carbocycles. The molecular weight excluding hydrogens is 297 g/mol. The van der Waals surface area contributed by atoms with Crippen molar-refractivity contribution in [2.24, 2.45) is 5.92 Å². The second-order valence-electron chi connectivity index (χ2n) is 6.15. The number of hydrogen-bond acceptors (Lipinski definition) is 3. The van der Waals surface area contributed by atoms with Gasteiger partial charge in [-0.1, -0.05) is 18.2 Å². The molecule has 0 aliphatic carbocycles. The number of amides is 2. The van der Waals surface area contributed by atoms with Crippen LogP contribution in [0.2, 0.25) is 0 Å². The predicted octanol–water partition coefficient (Wildman–Crippen LogP) is 1.24. The zero-order valence-electron chi connectivity index (χ0n) is 13.7. The van der Waals surface area contributed by atoms with Crippen LogP contribution in [0.3, 0.4) is 0 Å². The Hall–Kier alpha value is -1.95. The summed E-state index contributed by atoms with van der Waals surface area (Å²) in [5.41, 5.74) is 0.483. The van der Waals surface area contributed by atoms with Gasteiger partial charge < -0.3 is 10.2 Å². The molecule has 1 aliphatic rings. The van der Waals surface area contributed by atoms with E-state index in [1.165, 1.54) is 6.07 Å². The third-order valence-electron chi connectivity index (χ3n) is 4.18. The van der Waals surface area contributed by atoms with E-state index < -0.39 is 0 Å². The lowest BCUT2D eigenvalue weighted by atomic mass is 9.95. The lowest BCUT2D eigenvalue weighted by Crippen LogP contribution is -2.44. The van der Waals surface area contributed by atoms with Crippen molar-refractivity contribution < 1.29 is 14.0 Å². The summed E-state index contributed by atoms with van der Waals surface area (Å²) in [6.07, 6.45) is 1.55. The molecule has 1 N–H and O–H groups in total. The second kappa shape index (κ2) is 8.06. The molecule has 1 fully saturated rings. The summed E-state index contributed by atoms with van der Waals surface area (Å²) < 4.78 is 13.5. The lowest BCUT2D eigenvalue weighted by molar-refractivity contribution is -0.134. The van der Waals surface area contributed by atoms with Gasteiger partial charge in [0.1, 0.15) is 5.82 Å². The average molecular weight is 321 g/mol. The van der Waals surface area contributed by atoms with Crippen LogP contribution in [0, 0.1) is 11.7 Å². The van der Waals surface area contributed by atoms with Gasteiger partial charge in [-0.25, -0.2) is 4.39 Å². The minimum atomic E-state index is -0.309. The van der Waals surface area contributed by atoms with Crippen LogP contribution in [0.1, 0.15) is 18.4 Å². The van der Waals surface area contributed by atoms with Crippen molar-refractivity contribution in [3.05, 3.63) is 35.6 Å². The van der Waals surface area contributed by atoms with E-state index in [2.05, 4.69) is 5.32 Å². The van der Waals surface area contributed by atoms with Crippen LogP contribution in [-0.4, -0.2) is 55.3 Å². The summed E-state index contributed by atoms with van der Waals surface area (Å²) in [5.74, 6) is -0.210. The van der Waals surface area contributed by atoms with Gasteiger partial charge in [-0.05, 0) is 32.0 Å². The Morgan fingerprint density at radius 2 is 1.91 bits per heavy atom. The third-order valence-corrected chi connectivity index (χ3v) is 4.18. The molecule has 0 atom stereocenters. The van der Waals surface area contributed by atoms with Gasteiger partial charge in [0.05, 0.1) is 6.54 Å². The first-order valence-electron chi connectivity index (χ1n) is 7.91. The van der Waals surface area contributed by atoms with Gasteiger partial charge in [0.2, 0.25) is 11.8 Å². The van der Waals surface area contributed by atoms with Gasteiger partial charge in [-0.3, -0.25) is 14.5 Å². The SMILES string of the molecule is CN(C)C(=O)C1CCN(CC(=O)NCc2ccccc2F)CC1. The number of nitrogens with zero attached hydrogens (tertiary/aromatic N) is 2. The Kier molecular flexibility index (Phi) is 6.10. The fraction of sp³-hybridized carbons (Fsp3) is 0.529. The van der Waals surface area contributed by atoms with Crippen LogP contribution in [0.15, 0.2) is 24.3 Å². The highest BCUT2D eigenvalue weighted by molar-refractivity contribution is 5.79. The maximum absolute atomic E-state index is 13.5. The second-order valence-corrected chi connectivity index (χ2v) is 6.15. The first-order valence-corrected chi connectivity index (χ1v) is 7.91. The van der Waals surface area contributed by atoms with Crippen molar-refractivity contribution in [1.29, 1.82) is 0 Å². The van der Waals surface area contributed by atoms with Crippen molar-refractivity contribution in [3.8, 4) is 0 Å². The number of benzene rings is 1. The van der Waals surface area contributed by atoms with Gasteiger partial charge >= 0.3 is 0 Å². The van der Waals surface area contributed by atoms with Gasteiger partial charge in [0.15, 0.2) is 0 Å². The fourth-order valence-corrected chi connectivity index (χ4v) is 2.80. The molecule has 0 saturated carbocycles. The summed E-state index contributed by atoms with van der Waals surface area (Å²) in [6.45, 7) is 1.95. The molecule has 126 valence electrons. The molecule has 0 radical (unpaired) electrons. The largest absolute Gasteiger partial charge is 0.351 e. The van der Waals surface area contributed by atoms with E-state index in [0.29, 0.717) is 5.56 Å². The number of likely N-dealkylation sites (tertiary alicyclic amines) is 1. The average Bonchev–Trinajstić information content (AvgIpc) is 2.54. The molecule has 0 spiro atoms. The van der Waals surface area contributed by atoms with Crippen molar-refractivity contribution in [1.82, 2.24) is 15.1 Å². The van der Waals surface area contributed by atoms with Crippen molar-refractivity contribution in [3.63, 3.8) is 0 Å². The smallest absolute Gasteiger partial charge is 0.234 e. The maximum Gasteiger partial charge on any atom is 0.234 e. The van der Waals surface area contributed by atoms with E-state index in [1.54, 1.807) is 37.2 Å². The number of carbonyl (C=O) groups is 2. The molecular formula is C17H24FN3O2. The van der Waals surface area contributed by atoms with Crippen molar-refractivity contribution >= 4 is 11.8 Å². The highest BCUT2D eigenvalue weighted by atomic mass is 19.1. The van der Waals surface area contributed by atoms with Crippen LogP contribution in [0.4, 0.5) is 4.39 Å². The Bertz CT molecular complexity index is 555. The molecule has 6 heteroatoms. The number of nitrogens with one attached hydrogen (secondary N) is 1. The molecule has 1 heterocycles. The van der Waals surface area contributed by atoms with E-state index in [0.717, 1.165) is 25.9 Å². The molecule has 0 aromatic heterocycles. The molecule has 1 aromatic rings. The van der Waals surface area contributed by atoms with E-state index in [4.69, 9.17) is 0 Å². The normalized spacial score (nSPS) is 16.1. The van der Waals surface area contributed by atoms with Crippen LogP contribution in [0.25, 0.3) is 0 Å². The Morgan fingerprint density at radius 1 is 1.26 bits per heavy atom. The van der Waals surface area contributed by atoms with Crippen LogP contribution in [0.5, 0.6) is 0 Å². The van der Waals surface area contributed by atoms with Crippen LogP contribution >= 0.6 is 0 Å². The molecule has 23 heavy (non-hydrogen) atoms. The standard InChI is InChI=1S/C17H24FN3O2/c1-20(2)17(23)13-7-9-21(10-8-13)12-16(22)19-11-14-5-3-4-6-15(14)18/h3-6,13H,7-12H2,1-2H3,(H,19,22). The lowest BCUT2D eigenvalue weighted by Gasteiger charge is -2.31. The maximum atomic E-state index is 13.5. The molecule has 1 saturated heterocycles. The molecule has 1 aliphatic heterocycles. The summed E-state index contributed by atoms with van der Waals surface area (Å²) in [5, 5.41) is 2.74. The van der Waals surface area contributed by atoms with E-state index in [9.17, 15) is 14.0 Å². The Balaban J connectivity index is 1.73. The number of carbonyl (C=O) groups excluding carboxylic acids is 2. The number of piperidine rings is 1. The first-order chi connectivity index (χ1) is 11.0. The molecule has 2 rings (SSSR count). The van der Waals surface area contributed by atoms with Gasteiger partial charge in [0, 0.05) is 32.1 Å². The first kappa shape index (κ1) is 17.4. The highest BCUT2D eigenvalue weighted by Crippen LogP contribution is 2.18. The van der Waals surface area contributed by atoms with E-state index >= 15 is 0 Å². The molecule has 0 unspecified atom stereocenters. The zero-order chi connectivity index (χ0) is 16.8. The quantitative estimate of drug-likeness (QED) is 0.888. The third kappa shape index (κ3) is 5.03. The topological polar surface area (TPSA) is 52.7 Å². The Morgan fingerprint density at radius 3 is 2.52 bits per heavy atom. The van der Waals surface area contributed by atoms with Crippen LogP contribution in [-0.2, 0) is 16.1 Å². The van der Waals surface area contributed by atoms with Gasteiger partial charge in [-0.2, -0.15) is 0 Å². The minimum absolute atomic E-state index is 0.0581. The number of rotatable bonds is 5. The molecule has 5 nitrogen and oxygen atoms in total. The zero-order valence-corrected chi connectivity index (χ0v) is 13.7. The highest BCUT2D eigenvalue weighted by Gasteiger charge is 2.26. The number of hydrogen-bond donors (Lipinski definition) is 1. The summed E-state index contributed by atoms with van der Waals surface area (Å²) in [6, 6.07) is 6.42. The van der Waals surface area contributed by atoms with E-state index in [1.807, 2.05) is 4.90 Å². The van der Waals surface area contributed by atoms with Gasteiger partial charge in [-0.15, -0.1) is 0 Å².